The molecule has 0 aliphatic heterocycles. The number of hydrogen-bond acceptors (Lipinski definition) is 2. The Morgan fingerprint density at radius 2 is 1.84 bits per heavy atom. The Kier molecular flexibility index (Phi) is 3.46. The van der Waals surface area contributed by atoms with Gasteiger partial charge in [-0.15, -0.1) is 11.3 Å². The van der Waals surface area contributed by atoms with Gasteiger partial charge in [-0.3, -0.25) is 0 Å². The zero-order valence-corrected chi connectivity index (χ0v) is 12.4. The zero-order valence-electron chi connectivity index (χ0n) is 11.6. The van der Waals surface area contributed by atoms with Crippen LogP contribution in [-0.2, 0) is 0 Å². The van der Waals surface area contributed by atoms with Crippen LogP contribution in [0, 0.1) is 5.41 Å². The Hall–Kier alpha value is -1.12. The highest BCUT2D eigenvalue weighted by molar-refractivity contribution is 7.10. The monoisotopic (exact) mass is 271 g/mol. The summed E-state index contributed by atoms with van der Waals surface area (Å²) < 4.78 is 0. The van der Waals surface area contributed by atoms with E-state index in [4.69, 9.17) is 0 Å². The van der Waals surface area contributed by atoms with Gasteiger partial charge in [-0.2, -0.15) is 0 Å². The molecule has 0 saturated heterocycles. The average Bonchev–Trinajstić information content (AvgIpc) is 2.98. The molecule has 2 heteroatoms. The third-order valence-electron chi connectivity index (χ3n) is 4.46. The minimum Gasteiger partial charge on any atom is -0.303 e. The predicted octanol–water partition coefficient (Wildman–Crippen LogP) is 4.62. The molecule has 1 fully saturated rings. The van der Waals surface area contributed by atoms with Crippen LogP contribution < -0.4 is 5.32 Å². The van der Waals surface area contributed by atoms with Crippen LogP contribution in [-0.4, -0.2) is 6.04 Å². The van der Waals surface area contributed by atoms with Gasteiger partial charge in [0.05, 0.1) is 6.04 Å². The quantitative estimate of drug-likeness (QED) is 0.837. The highest BCUT2D eigenvalue weighted by Crippen LogP contribution is 2.48. The molecule has 0 amide bonds. The largest absolute Gasteiger partial charge is 0.303 e. The van der Waals surface area contributed by atoms with Gasteiger partial charge in [0, 0.05) is 10.9 Å². The van der Waals surface area contributed by atoms with Gasteiger partial charge in [0.2, 0.25) is 0 Å². The van der Waals surface area contributed by atoms with E-state index in [-0.39, 0.29) is 0 Å². The third kappa shape index (κ3) is 2.75. The molecule has 1 aromatic heterocycles. The Morgan fingerprint density at radius 3 is 2.42 bits per heavy atom. The van der Waals surface area contributed by atoms with Gasteiger partial charge >= 0.3 is 0 Å². The lowest BCUT2D eigenvalue weighted by Crippen LogP contribution is -2.36. The molecule has 2 aromatic rings. The summed E-state index contributed by atoms with van der Waals surface area (Å²) in [5.41, 5.74) is 1.87. The van der Waals surface area contributed by atoms with E-state index in [9.17, 15) is 0 Å². The number of rotatable bonds is 5. The van der Waals surface area contributed by atoms with Crippen molar-refractivity contribution in [3.63, 3.8) is 0 Å². The van der Waals surface area contributed by atoms with Gasteiger partial charge in [0.1, 0.15) is 0 Å². The number of hydrogen-bond donors (Lipinski definition) is 1. The normalized spacial score (nSPS) is 19.9. The van der Waals surface area contributed by atoms with E-state index < -0.39 is 0 Å². The van der Waals surface area contributed by atoms with Crippen LogP contribution >= 0.6 is 11.3 Å². The molecule has 1 heterocycles. The van der Waals surface area contributed by atoms with Crippen LogP contribution in [0.15, 0.2) is 47.8 Å². The molecular weight excluding hydrogens is 250 g/mol. The van der Waals surface area contributed by atoms with Gasteiger partial charge in [-0.1, -0.05) is 43.3 Å². The van der Waals surface area contributed by atoms with E-state index in [1.165, 1.54) is 23.3 Å². The lowest BCUT2D eigenvalue weighted by molar-refractivity contribution is 0.361. The molecule has 2 atom stereocenters. The molecule has 1 N–H and O–H groups in total. The molecule has 0 spiro atoms. The molecule has 19 heavy (non-hydrogen) atoms. The predicted molar refractivity (Wildman–Crippen MR) is 82.5 cm³/mol. The number of nitrogens with one attached hydrogen (secondary N) is 1. The molecule has 3 rings (SSSR count). The molecular formula is C17H21NS. The van der Waals surface area contributed by atoms with Crippen LogP contribution in [0.2, 0.25) is 0 Å². The van der Waals surface area contributed by atoms with E-state index in [1.54, 1.807) is 0 Å². The molecule has 1 aliphatic carbocycles. The third-order valence-corrected chi connectivity index (χ3v) is 5.40. The van der Waals surface area contributed by atoms with Crippen LogP contribution in [0.5, 0.6) is 0 Å². The maximum Gasteiger partial charge on any atom is 0.0673 e. The Balaban J connectivity index is 1.85. The van der Waals surface area contributed by atoms with Crippen LogP contribution in [0.1, 0.15) is 43.2 Å². The minimum absolute atomic E-state index is 0.327. The van der Waals surface area contributed by atoms with E-state index in [2.05, 4.69) is 67.0 Å². The minimum atomic E-state index is 0.327. The molecule has 1 aliphatic rings. The first-order valence-electron chi connectivity index (χ1n) is 7.03. The second-order valence-corrected chi connectivity index (χ2v) is 6.88. The maximum atomic E-state index is 3.85. The Labute approximate surface area is 119 Å². The highest BCUT2D eigenvalue weighted by atomic mass is 32.1. The lowest BCUT2D eigenvalue weighted by atomic mass is 9.97. The van der Waals surface area contributed by atoms with Crippen molar-refractivity contribution in [1.82, 2.24) is 5.32 Å². The topological polar surface area (TPSA) is 12.0 Å². The van der Waals surface area contributed by atoms with E-state index in [0.717, 1.165) is 0 Å². The molecule has 1 aromatic carbocycles. The molecule has 1 saturated carbocycles. The molecule has 2 unspecified atom stereocenters. The molecule has 1 nitrogen and oxygen atoms in total. The SMILES string of the molecule is CC(NC(c1ccccc1)c1cccs1)C1(C)CC1. The van der Waals surface area contributed by atoms with Gasteiger partial charge in [0.25, 0.3) is 0 Å². The van der Waals surface area contributed by atoms with Crippen molar-refractivity contribution in [3.8, 4) is 0 Å². The number of benzene rings is 1. The van der Waals surface area contributed by atoms with E-state index >= 15 is 0 Å². The smallest absolute Gasteiger partial charge is 0.0673 e. The van der Waals surface area contributed by atoms with Crippen molar-refractivity contribution in [2.75, 3.05) is 0 Å². The highest BCUT2D eigenvalue weighted by Gasteiger charge is 2.43. The van der Waals surface area contributed by atoms with Gasteiger partial charge in [-0.25, -0.2) is 0 Å². The molecule has 100 valence electrons. The zero-order chi connectivity index (χ0) is 13.3. The second kappa shape index (κ2) is 5.10. The summed E-state index contributed by atoms with van der Waals surface area (Å²) in [6.07, 6.45) is 2.71. The fourth-order valence-electron chi connectivity index (χ4n) is 2.53. The standard InChI is InChI=1S/C17H21NS/c1-13(17(2)10-11-17)18-16(15-9-6-12-19-15)14-7-4-3-5-8-14/h3-9,12-13,16,18H,10-11H2,1-2H3. The first-order chi connectivity index (χ1) is 9.19. The van der Waals surface area contributed by atoms with Crippen LogP contribution in [0.4, 0.5) is 0 Å². The van der Waals surface area contributed by atoms with Crippen molar-refractivity contribution in [2.24, 2.45) is 5.41 Å². The second-order valence-electron chi connectivity index (χ2n) is 5.90. The number of thiophene rings is 1. The van der Waals surface area contributed by atoms with E-state index in [1.807, 2.05) is 11.3 Å². The summed E-state index contributed by atoms with van der Waals surface area (Å²) in [6.45, 7) is 4.72. The summed E-state index contributed by atoms with van der Waals surface area (Å²) in [6, 6.07) is 16.0. The van der Waals surface area contributed by atoms with Crippen LogP contribution in [0.25, 0.3) is 0 Å². The fourth-order valence-corrected chi connectivity index (χ4v) is 3.34. The summed E-state index contributed by atoms with van der Waals surface area (Å²) in [7, 11) is 0. The summed E-state index contributed by atoms with van der Waals surface area (Å²) in [5, 5.41) is 6.01. The van der Waals surface area contributed by atoms with Crippen molar-refractivity contribution in [1.29, 1.82) is 0 Å². The summed E-state index contributed by atoms with van der Waals surface area (Å²) in [5.74, 6) is 0. The van der Waals surface area contributed by atoms with E-state index in [0.29, 0.717) is 17.5 Å². The van der Waals surface area contributed by atoms with Crippen LogP contribution in [0.3, 0.4) is 0 Å². The maximum absolute atomic E-state index is 3.85. The average molecular weight is 271 g/mol. The van der Waals surface area contributed by atoms with Gasteiger partial charge < -0.3 is 5.32 Å². The molecule has 0 radical (unpaired) electrons. The lowest BCUT2D eigenvalue weighted by Gasteiger charge is -2.27. The summed E-state index contributed by atoms with van der Waals surface area (Å²) in [4.78, 5) is 1.40. The van der Waals surface area contributed by atoms with Crippen molar-refractivity contribution >= 4 is 11.3 Å². The van der Waals surface area contributed by atoms with Gasteiger partial charge in [0.15, 0.2) is 0 Å². The molecule has 0 bridgehead atoms. The summed E-state index contributed by atoms with van der Waals surface area (Å²) >= 11 is 1.84. The van der Waals surface area contributed by atoms with Gasteiger partial charge in [-0.05, 0) is 42.2 Å². The Bertz CT molecular complexity index is 513. The first-order valence-corrected chi connectivity index (χ1v) is 7.91. The van der Waals surface area contributed by atoms with Crippen molar-refractivity contribution in [3.05, 3.63) is 58.3 Å². The van der Waals surface area contributed by atoms with Crippen molar-refractivity contribution < 1.29 is 0 Å². The Morgan fingerprint density at radius 1 is 1.11 bits per heavy atom. The van der Waals surface area contributed by atoms with Crippen molar-refractivity contribution in [2.45, 2.75) is 38.8 Å². The first kappa shape index (κ1) is 12.9. The fraction of sp³-hybridized carbons (Fsp3) is 0.412.